The molecule has 0 saturated heterocycles. The summed E-state index contributed by atoms with van der Waals surface area (Å²) in [5.74, 6) is 1.42. The molecule has 1 amide bonds. The number of nitrogens with one attached hydrogen (secondary N) is 1. The smallest absolute Gasteiger partial charge is 0.273 e. The number of aliphatic hydroxyl groups is 1. The summed E-state index contributed by atoms with van der Waals surface area (Å²) in [6, 6.07) is 11.1. The maximum absolute atomic E-state index is 12.0. The van der Waals surface area contributed by atoms with Gasteiger partial charge in [-0.15, -0.1) is 0 Å². The lowest BCUT2D eigenvalue weighted by Gasteiger charge is -2.07. The van der Waals surface area contributed by atoms with Crippen molar-refractivity contribution in [3.05, 3.63) is 53.6 Å². The van der Waals surface area contributed by atoms with Crippen molar-refractivity contribution < 1.29 is 18.8 Å². The Hall–Kier alpha value is -2.60. The van der Waals surface area contributed by atoms with E-state index in [-0.39, 0.29) is 11.6 Å². The Morgan fingerprint density at radius 3 is 2.96 bits per heavy atom. The van der Waals surface area contributed by atoms with Crippen LogP contribution in [-0.2, 0) is 0 Å². The van der Waals surface area contributed by atoms with Gasteiger partial charge in [-0.05, 0) is 31.4 Å². The van der Waals surface area contributed by atoms with Crippen molar-refractivity contribution in [2.75, 3.05) is 6.54 Å². The Morgan fingerprint density at radius 1 is 1.33 bits per heavy atom. The van der Waals surface area contributed by atoms with E-state index in [1.54, 1.807) is 6.07 Å². The first kappa shape index (κ1) is 15.0. The number of furan rings is 1. The summed E-state index contributed by atoms with van der Waals surface area (Å²) < 4.78 is 10.8. The number of fused-ring (bicyclic) bond motifs is 1. The molecule has 4 rings (SSSR count). The Labute approximate surface area is 138 Å². The predicted molar refractivity (Wildman–Crippen MR) is 86.6 cm³/mol. The second-order valence-electron chi connectivity index (χ2n) is 6.14. The number of amides is 1. The van der Waals surface area contributed by atoms with Crippen LogP contribution in [0.3, 0.4) is 0 Å². The van der Waals surface area contributed by atoms with E-state index < -0.39 is 6.10 Å². The maximum Gasteiger partial charge on any atom is 0.273 e. The normalized spacial score (nSPS) is 15.5. The van der Waals surface area contributed by atoms with Crippen molar-refractivity contribution in [2.45, 2.75) is 31.3 Å². The second-order valence-corrected chi connectivity index (χ2v) is 6.14. The Kier molecular flexibility index (Phi) is 3.82. The molecule has 0 radical (unpaired) electrons. The van der Waals surface area contributed by atoms with Crippen LogP contribution in [0.15, 0.2) is 45.3 Å². The van der Waals surface area contributed by atoms with Gasteiger partial charge in [0.25, 0.3) is 5.91 Å². The van der Waals surface area contributed by atoms with Gasteiger partial charge in [0.15, 0.2) is 5.69 Å². The molecule has 2 heterocycles. The Bertz CT molecular complexity index is 830. The van der Waals surface area contributed by atoms with E-state index in [2.05, 4.69) is 10.5 Å². The second kappa shape index (κ2) is 6.13. The van der Waals surface area contributed by atoms with Crippen molar-refractivity contribution in [1.29, 1.82) is 0 Å². The van der Waals surface area contributed by atoms with Crippen molar-refractivity contribution in [2.24, 2.45) is 0 Å². The van der Waals surface area contributed by atoms with E-state index in [4.69, 9.17) is 8.94 Å². The fourth-order valence-electron chi connectivity index (χ4n) is 2.68. The molecule has 2 N–H and O–H groups in total. The molecule has 1 aliphatic carbocycles. The fourth-order valence-corrected chi connectivity index (χ4v) is 2.68. The van der Waals surface area contributed by atoms with Gasteiger partial charge in [0.1, 0.15) is 23.2 Å². The van der Waals surface area contributed by atoms with Gasteiger partial charge in [-0.3, -0.25) is 4.79 Å². The van der Waals surface area contributed by atoms with Crippen LogP contribution in [0, 0.1) is 0 Å². The summed E-state index contributed by atoms with van der Waals surface area (Å²) in [7, 11) is 0. The number of carbonyl (C=O) groups excluding carboxylic acids is 1. The van der Waals surface area contributed by atoms with Crippen LogP contribution in [0.5, 0.6) is 0 Å². The first-order valence-electron chi connectivity index (χ1n) is 8.12. The molecular formula is C18H18N2O4. The van der Waals surface area contributed by atoms with Gasteiger partial charge in [-0.1, -0.05) is 23.4 Å². The zero-order chi connectivity index (χ0) is 16.5. The minimum absolute atomic E-state index is 0.287. The number of carbonyl (C=O) groups is 1. The van der Waals surface area contributed by atoms with Crippen LogP contribution in [0.4, 0.5) is 0 Å². The molecule has 1 aromatic carbocycles. The molecule has 0 bridgehead atoms. The highest BCUT2D eigenvalue weighted by Gasteiger charge is 2.28. The molecule has 124 valence electrons. The molecular weight excluding hydrogens is 308 g/mol. The van der Waals surface area contributed by atoms with E-state index in [1.165, 1.54) is 0 Å². The summed E-state index contributed by atoms with van der Waals surface area (Å²) in [5, 5.41) is 17.7. The minimum atomic E-state index is -0.767. The third kappa shape index (κ3) is 3.05. The summed E-state index contributed by atoms with van der Waals surface area (Å²) in [6.45, 7) is 0.322. The van der Waals surface area contributed by atoms with Crippen LogP contribution < -0.4 is 5.32 Å². The van der Waals surface area contributed by atoms with E-state index >= 15 is 0 Å². The average molecular weight is 326 g/mol. The number of aliphatic hydroxyl groups excluding tert-OH is 1. The number of hydrogen-bond acceptors (Lipinski definition) is 5. The van der Waals surface area contributed by atoms with E-state index in [9.17, 15) is 9.90 Å². The van der Waals surface area contributed by atoms with Gasteiger partial charge in [0.05, 0.1) is 0 Å². The van der Waals surface area contributed by atoms with E-state index in [1.807, 2.05) is 30.3 Å². The van der Waals surface area contributed by atoms with Gasteiger partial charge >= 0.3 is 0 Å². The largest absolute Gasteiger partial charge is 0.458 e. The zero-order valence-electron chi connectivity index (χ0n) is 13.1. The number of benzene rings is 1. The highest BCUT2D eigenvalue weighted by atomic mass is 16.5. The fraction of sp³-hybridized carbons (Fsp3) is 0.333. The number of para-hydroxylation sites is 1. The van der Waals surface area contributed by atoms with Gasteiger partial charge in [-0.25, -0.2) is 0 Å². The summed E-state index contributed by atoms with van der Waals surface area (Å²) >= 11 is 0. The number of aromatic nitrogens is 1. The maximum atomic E-state index is 12.0. The molecule has 1 atom stereocenters. The standard InChI is InChI=1S/C18H18N2O4/c21-14(17-9-12-3-1-2-4-15(12)23-17)7-8-19-18(22)13-10-16(24-20-13)11-5-6-11/h1-4,9-11,14,21H,5-8H2,(H,19,22). The van der Waals surface area contributed by atoms with Gasteiger partial charge in [-0.2, -0.15) is 0 Å². The van der Waals surface area contributed by atoms with Crippen molar-refractivity contribution in [1.82, 2.24) is 10.5 Å². The highest BCUT2D eigenvalue weighted by Crippen LogP contribution is 2.40. The zero-order valence-corrected chi connectivity index (χ0v) is 13.1. The van der Waals surface area contributed by atoms with Gasteiger partial charge < -0.3 is 19.4 Å². The first-order chi connectivity index (χ1) is 11.7. The van der Waals surface area contributed by atoms with Crippen LogP contribution >= 0.6 is 0 Å². The number of nitrogens with zero attached hydrogens (tertiary/aromatic N) is 1. The van der Waals surface area contributed by atoms with Crippen LogP contribution in [0.1, 0.15) is 53.3 Å². The van der Waals surface area contributed by atoms with Crippen LogP contribution in [0.2, 0.25) is 0 Å². The number of hydrogen-bond donors (Lipinski definition) is 2. The Balaban J connectivity index is 1.31. The highest BCUT2D eigenvalue weighted by molar-refractivity contribution is 5.92. The van der Waals surface area contributed by atoms with E-state index in [0.29, 0.717) is 24.6 Å². The van der Waals surface area contributed by atoms with Crippen molar-refractivity contribution in [3.63, 3.8) is 0 Å². The lowest BCUT2D eigenvalue weighted by atomic mass is 10.2. The molecule has 6 heteroatoms. The minimum Gasteiger partial charge on any atom is -0.458 e. The first-order valence-corrected chi connectivity index (χ1v) is 8.12. The van der Waals surface area contributed by atoms with Crippen molar-refractivity contribution in [3.8, 4) is 0 Å². The third-order valence-electron chi connectivity index (χ3n) is 4.22. The molecule has 0 spiro atoms. The molecule has 6 nitrogen and oxygen atoms in total. The van der Waals surface area contributed by atoms with Gasteiger partial charge in [0.2, 0.25) is 0 Å². The molecule has 1 saturated carbocycles. The Morgan fingerprint density at radius 2 is 2.17 bits per heavy atom. The molecule has 2 aromatic heterocycles. The third-order valence-corrected chi connectivity index (χ3v) is 4.22. The number of rotatable bonds is 6. The predicted octanol–water partition coefficient (Wildman–Crippen LogP) is 3.15. The lowest BCUT2D eigenvalue weighted by molar-refractivity contribution is 0.0928. The summed E-state index contributed by atoms with van der Waals surface area (Å²) in [4.78, 5) is 12.0. The quantitative estimate of drug-likeness (QED) is 0.726. The molecule has 24 heavy (non-hydrogen) atoms. The molecule has 1 fully saturated rings. The van der Waals surface area contributed by atoms with Crippen molar-refractivity contribution >= 4 is 16.9 Å². The SMILES string of the molecule is O=C(NCCC(O)c1cc2ccccc2o1)c1cc(C2CC2)on1. The van der Waals surface area contributed by atoms with Crippen LogP contribution in [-0.4, -0.2) is 22.7 Å². The molecule has 1 unspecified atom stereocenters. The average Bonchev–Trinajstić information content (AvgIpc) is 3.16. The molecule has 0 aliphatic heterocycles. The molecule has 3 aromatic rings. The summed E-state index contributed by atoms with van der Waals surface area (Å²) in [5.41, 5.74) is 1.03. The van der Waals surface area contributed by atoms with Crippen LogP contribution in [0.25, 0.3) is 11.0 Å². The lowest BCUT2D eigenvalue weighted by Crippen LogP contribution is -2.25. The molecule has 1 aliphatic rings. The van der Waals surface area contributed by atoms with E-state index in [0.717, 1.165) is 29.6 Å². The van der Waals surface area contributed by atoms with Gasteiger partial charge in [0, 0.05) is 23.9 Å². The topological polar surface area (TPSA) is 88.5 Å². The monoisotopic (exact) mass is 326 g/mol. The summed E-state index contributed by atoms with van der Waals surface area (Å²) in [6.07, 6.45) is 1.79.